The minimum atomic E-state index is -0.238. The summed E-state index contributed by atoms with van der Waals surface area (Å²) in [5, 5.41) is 10.6. The normalized spacial score (nSPS) is 21.5. The van der Waals surface area contributed by atoms with Crippen LogP contribution in [0, 0.1) is 0 Å². The first-order chi connectivity index (χ1) is 10.5. The molecular weight excluding hydrogens is 366 g/mol. The third-order valence-electron chi connectivity index (χ3n) is 3.66. The summed E-state index contributed by atoms with van der Waals surface area (Å²) in [6.07, 6.45) is 1.69. The van der Waals surface area contributed by atoms with Crippen molar-refractivity contribution in [3.05, 3.63) is 33.1 Å². The fourth-order valence-corrected chi connectivity index (χ4v) is 3.65. The van der Waals surface area contributed by atoms with Gasteiger partial charge >= 0.3 is 0 Å². The van der Waals surface area contributed by atoms with E-state index < -0.39 is 0 Å². The van der Waals surface area contributed by atoms with Gasteiger partial charge in [-0.1, -0.05) is 15.9 Å². The average molecular weight is 382 g/mol. The molecule has 2 aliphatic heterocycles. The molecule has 0 aliphatic carbocycles. The van der Waals surface area contributed by atoms with Crippen molar-refractivity contribution in [1.29, 1.82) is 0 Å². The van der Waals surface area contributed by atoms with E-state index in [1.54, 1.807) is 24.3 Å². The maximum Gasteiger partial charge on any atom is 0.286 e. The van der Waals surface area contributed by atoms with Gasteiger partial charge in [0, 0.05) is 36.2 Å². The average Bonchev–Trinajstić information content (AvgIpc) is 2.85. The largest absolute Gasteiger partial charge is 0.507 e. The van der Waals surface area contributed by atoms with Crippen LogP contribution < -0.4 is 0 Å². The molecule has 1 aromatic rings. The Morgan fingerprint density at radius 3 is 2.77 bits per heavy atom. The number of rotatable bonds is 1. The Labute approximate surface area is 141 Å². The lowest BCUT2D eigenvalue weighted by Gasteiger charge is -2.32. The van der Waals surface area contributed by atoms with E-state index in [0.29, 0.717) is 10.5 Å². The molecule has 0 aromatic heterocycles. The molecule has 2 heterocycles. The van der Waals surface area contributed by atoms with Crippen molar-refractivity contribution in [2.45, 2.75) is 0 Å². The number of phenolic OH excluding ortho intramolecular Hbond substituents is 1. The Hall–Kier alpha value is -1.31. The third kappa shape index (κ3) is 3.37. The lowest BCUT2D eigenvalue weighted by atomic mass is 10.2. The predicted octanol–water partition coefficient (Wildman–Crippen LogP) is 2.37. The highest BCUT2D eigenvalue weighted by Crippen LogP contribution is 2.33. The summed E-state index contributed by atoms with van der Waals surface area (Å²) in [5.41, 5.74) is 0.611. The molecule has 0 spiro atoms. The summed E-state index contributed by atoms with van der Waals surface area (Å²) in [6.45, 7) is 3.70. The summed E-state index contributed by atoms with van der Waals surface area (Å²) < 4.78 is 0.854. The Balaban J connectivity index is 1.77. The number of aromatic hydroxyl groups is 1. The van der Waals surface area contributed by atoms with Crippen LogP contribution in [0.5, 0.6) is 5.75 Å². The van der Waals surface area contributed by atoms with Crippen molar-refractivity contribution in [2.75, 3.05) is 33.2 Å². The second-order valence-electron chi connectivity index (χ2n) is 5.30. The second kappa shape index (κ2) is 6.44. The number of carbonyl (C=O) groups is 1. The smallest absolute Gasteiger partial charge is 0.286 e. The maximum absolute atomic E-state index is 12.1. The van der Waals surface area contributed by atoms with Gasteiger partial charge in [0.2, 0.25) is 0 Å². The Bertz CT molecular complexity index is 667. The zero-order valence-corrected chi connectivity index (χ0v) is 14.5. The van der Waals surface area contributed by atoms with Gasteiger partial charge < -0.3 is 14.9 Å². The van der Waals surface area contributed by atoms with Crippen molar-refractivity contribution in [3.8, 4) is 5.75 Å². The number of amides is 1. The molecule has 22 heavy (non-hydrogen) atoms. The summed E-state index contributed by atoms with van der Waals surface area (Å²) in [7, 11) is 2.09. The van der Waals surface area contributed by atoms with Crippen LogP contribution in [-0.4, -0.2) is 59.2 Å². The summed E-state index contributed by atoms with van der Waals surface area (Å²) in [6, 6.07) is 5.14. The van der Waals surface area contributed by atoms with Crippen molar-refractivity contribution in [2.24, 2.45) is 4.99 Å². The highest BCUT2D eigenvalue weighted by molar-refractivity contribution is 9.10. The zero-order valence-electron chi connectivity index (χ0n) is 12.1. The molecule has 1 saturated heterocycles. The van der Waals surface area contributed by atoms with E-state index in [1.807, 2.05) is 0 Å². The maximum atomic E-state index is 12.1. The molecule has 1 fully saturated rings. The number of likely N-dealkylation sites (N-methyl/N-ethyl adjacent to an activating group) is 1. The Morgan fingerprint density at radius 1 is 1.32 bits per heavy atom. The first-order valence-electron chi connectivity index (χ1n) is 6.97. The number of thioether (sulfide) groups is 1. The van der Waals surface area contributed by atoms with Crippen molar-refractivity contribution < 1.29 is 9.90 Å². The fraction of sp³-hybridized carbons (Fsp3) is 0.333. The molecule has 0 bridgehead atoms. The predicted molar refractivity (Wildman–Crippen MR) is 92.9 cm³/mol. The zero-order chi connectivity index (χ0) is 15.7. The summed E-state index contributed by atoms with van der Waals surface area (Å²) >= 11 is 4.75. The lowest BCUT2D eigenvalue weighted by molar-refractivity contribution is -0.113. The number of benzene rings is 1. The van der Waals surface area contributed by atoms with Crippen LogP contribution >= 0.6 is 27.7 Å². The number of hydrogen-bond acceptors (Lipinski definition) is 5. The quantitative estimate of drug-likeness (QED) is 0.756. The number of halogens is 1. The number of amidine groups is 1. The number of hydrogen-bond donors (Lipinski definition) is 1. The molecule has 1 aromatic carbocycles. The lowest BCUT2D eigenvalue weighted by Crippen LogP contribution is -2.46. The molecular formula is C15H16BrN3O2S. The molecule has 7 heteroatoms. The van der Waals surface area contributed by atoms with Crippen LogP contribution in [0.1, 0.15) is 5.56 Å². The van der Waals surface area contributed by atoms with Gasteiger partial charge in [-0.15, -0.1) is 0 Å². The third-order valence-corrected chi connectivity index (χ3v) is 5.20. The van der Waals surface area contributed by atoms with Gasteiger partial charge in [0.1, 0.15) is 5.75 Å². The van der Waals surface area contributed by atoms with Crippen LogP contribution in [-0.2, 0) is 4.79 Å². The number of phenols is 1. The van der Waals surface area contributed by atoms with Gasteiger partial charge in [0.05, 0.1) is 4.91 Å². The van der Waals surface area contributed by atoms with Gasteiger partial charge in [-0.05, 0) is 43.1 Å². The van der Waals surface area contributed by atoms with E-state index in [9.17, 15) is 9.90 Å². The van der Waals surface area contributed by atoms with E-state index in [1.165, 1.54) is 11.8 Å². The van der Waals surface area contributed by atoms with Crippen LogP contribution in [0.3, 0.4) is 0 Å². The standard InChI is InChI=1S/C15H16BrN3O2S/c1-18-4-6-19(7-5-18)15-17-14(21)13(22-15)9-10-8-11(16)2-3-12(10)20/h2-3,8-9,20H,4-7H2,1H3. The topological polar surface area (TPSA) is 56.1 Å². The molecule has 0 saturated carbocycles. The van der Waals surface area contributed by atoms with Crippen LogP contribution in [0.15, 0.2) is 32.6 Å². The molecule has 2 aliphatic rings. The number of aliphatic imine (C=N–C) groups is 1. The van der Waals surface area contributed by atoms with Gasteiger partial charge in [-0.25, -0.2) is 0 Å². The highest BCUT2D eigenvalue weighted by Gasteiger charge is 2.27. The van der Waals surface area contributed by atoms with Crippen molar-refractivity contribution in [1.82, 2.24) is 9.80 Å². The first kappa shape index (κ1) is 15.6. The van der Waals surface area contributed by atoms with E-state index in [4.69, 9.17) is 0 Å². The summed E-state index contributed by atoms with van der Waals surface area (Å²) in [5.74, 6) is -0.0875. The Kier molecular flexibility index (Phi) is 4.56. The minimum absolute atomic E-state index is 0.150. The molecule has 116 valence electrons. The van der Waals surface area contributed by atoms with Gasteiger partial charge in [0.25, 0.3) is 5.91 Å². The molecule has 1 amide bonds. The molecule has 0 atom stereocenters. The molecule has 0 radical (unpaired) electrons. The van der Waals surface area contributed by atoms with Crippen LogP contribution in [0.2, 0.25) is 0 Å². The number of piperazine rings is 1. The second-order valence-corrected chi connectivity index (χ2v) is 7.23. The SMILES string of the molecule is CN1CCN(C2=NC(=O)C(=Cc3cc(Br)ccc3O)S2)CC1. The number of carbonyl (C=O) groups excluding carboxylic acids is 1. The summed E-state index contributed by atoms with van der Waals surface area (Å²) in [4.78, 5) is 21.2. The highest BCUT2D eigenvalue weighted by atomic mass is 79.9. The van der Waals surface area contributed by atoms with Crippen molar-refractivity contribution in [3.63, 3.8) is 0 Å². The van der Waals surface area contributed by atoms with E-state index in [0.717, 1.165) is 35.8 Å². The minimum Gasteiger partial charge on any atom is -0.507 e. The Morgan fingerprint density at radius 2 is 2.05 bits per heavy atom. The molecule has 3 rings (SSSR count). The molecule has 5 nitrogen and oxygen atoms in total. The van der Waals surface area contributed by atoms with E-state index in [-0.39, 0.29) is 11.7 Å². The van der Waals surface area contributed by atoms with Crippen molar-refractivity contribution >= 4 is 44.8 Å². The van der Waals surface area contributed by atoms with Crippen LogP contribution in [0.25, 0.3) is 6.08 Å². The van der Waals surface area contributed by atoms with Crippen LogP contribution in [0.4, 0.5) is 0 Å². The molecule has 1 N–H and O–H groups in total. The first-order valence-corrected chi connectivity index (χ1v) is 8.58. The van der Waals surface area contributed by atoms with E-state index in [2.05, 4.69) is 37.8 Å². The monoisotopic (exact) mass is 381 g/mol. The molecule has 0 unspecified atom stereocenters. The van der Waals surface area contributed by atoms with Gasteiger partial charge in [-0.3, -0.25) is 4.79 Å². The van der Waals surface area contributed by atoms with Gasteiger partial charge in [0.15, 0.2) is 5.17 Å². The number of nitrogens with zero attached hydrogens (tertiary/aromatic N) is 3. The van der Waals surface area contributed by atoms with Gasteiger partial charge in [-0.2, -0.15) is 4.99 Å². The fourth-order valence-electron chi connectivity index (χ4n) is 2.31. The van der Waals surface area contributed by atoms with E-state index >= 15 is 0 Å².